The van der Waals surface area contributed by atoms with Gasteiger partial charge in [0.15, 0.2) is 5.78 Å². The van der Waals surface area contributed by atoms with Crippen molar-refractivity contribution in [2.24, 2.45) is 11.8 Å². The first kappa shape index (κ1) is 14.0. The molecule has 0 aliphatic carbocycles. The fraction of sp³-hybridized carbons (Fsp3) is 0.833. The zero-order valence-electron chi connectivity index (χ0n) is 10.9. The Morgan fingerprint density at radius 2 is 2.06 bits per heavy atom. The minimum Gasteiger partial charge on any atom is -0.453 e. The van der Waals surface area contributed by atoms with Gasteiger partial charge in [-0.25, -0.2) is 4.79 Å². The Morgan fingerprint density at radius 1 is 1.41 bits per heavy atom. The van der Waals surface area contributed by atoms with Gasteiger partial charge in [-0.05, 0) is 24.8 Å². The van der Waals surface area contributed by atoms with E-state index in [0.717, 1.165) is 13.0 Å². The van der Waals surface area contributed by atoms with Crippen molar-refractivity contribution in [1.29, 1.82) is 0 Å². The minimum atomic E-state index is -0.553. The Morgan fingerprint density at radius 3 is 2.47 bits per heavy atom. The predicted molar refractivity (Wildman–Crippen MR) is 64.7 cm³/mol. The fourth-order valence-corrected chi connectivity index (χ4v) is 2.10. The van der Waals surface area contributed by atoms with Crippen LogP contribution in [-0.4, -0.2) is 37.6 Å². The second-order valence-corrected chi connectivity index (χ2v) is 5.06. The fourth-order valence-electron chi connectivity index (χ4n) is 2.10. The van der Waals surface area contributed by atoms with E-state index in [4.69, 9.17) is 0 Å². The Hall–Kier alpha value is -1.10. The maximum atomic E-state index is 12.3. The number of rotatable bonds is 4. The van der Waals surface area contributed by atoms with E-state index in [1.807, 2.05) is 13.8 Å². The van der Waals surface area contributed by atoms with Crippen molar-refractivity contribution in [1.82, 2.24) is 10.6 Å². The highest BCUT2D eigenvalue weighted by molar-refractivity contribution is 5.92. The first-order valence-electron chi connectivity index (χ1n) is 6.07. The molecule has 1 unspecified atom stereocenters. The van der Waals surface area contributed by atoms with Crippen molar-refractivity contribution < 1.29 is 14.3 Å². The molecule has 0 spiro atoms. The van der Waals surface area contributed by atoms with E-state index in [2.05, 4.69) is 22.3 Å². The lowest BCUT2D eigenvalue weighted by Crippen LogP contribution is -2.50. The number of alkyl carbamates (subject to hydrolysis) is 1. The molecule has 1 saturated heterocycles. The second-order valence-electron chi connectivity index (χ2n) is 5.06. The Kier molecular flexibility index (Phi) is 4.93. The lowest BCUT2D eigenvalue weighted by molar-refractivity contribution is -0.123. The van der Waals surface area contributed by atoms with Gasteiger partial charge in [0.05, 0.1) is 19.2 Å². The smallest absolute Gasteiger partial charge is 0.407 e. The van der Waals surface area contributed by atoms with Crippen LogP contribution in [0.4, 0.5) is 4.79 Å². The number of hydrogen-bond donors (Lipinski definition) is 2. The quantitative estimate of drug-likeness (QED) is 0.769. The summed E-state index contributed by atoms with van der Waals surface area (Å²) >= 11 is 0. The van der Waals surface area contributed by atoms with Crippen LogP contribution < -0.4 is 10.6 Å². The van der Waals surface area contributed by atoms with Crippen LogP contribution in [-0.2, 0) is 9.53 Å². The van der Waals surface area contributed by atoms with Crippen molar-refractivity contribution in [2.75, 3.05) is 13.7 Å². The summed E-state index contributed by atoms with van der Waals surface area (Å²) in [5, 5.41) is 5.80. The third-order valence-electron chi connectivity index (χ3n) is 3.13. The van der Waals surface area contributed by atoms with Crippen molar-refractivity contribution in [2.45, 2.75) is 39.3 Å². The molecule has 1 fully saturated rings. The Labute approximate surface area is 102 Å². The van der Waals surface area contributed by atoms with Crippen molar-refractivity contribution in [3.63, 3.8) is 0 Å². The molecule has 5 nitrogen and oxygen atoms in total. The number of carbonyl (C=O) groups is 2. The van der Waals surface area contributed by atoms with Crippen molar-refractivity contribution >= 4 is 11.9 Å². The third kappa shape index (κ3) is 3.70. The highest BCUT2D eigenvalue weighted by Gasteiger charge is 2.34. The van der Waals surface area contributed by atoms with E-state index in [1.165, 1.54) is 7.11 Å². The molecule has 0 aromatic carbocycles. The maximum Gasteiger partial charge on any atom is 0.407 e. The van der Waals surface area contributed by atoms with Crippen LogP contribution >= 0.6 is 0 Å². The van der Waals surface area contributed by atoms with E-state index in [9.17, 15) is 9.59 Å². The van der Waals surface area contributed by atoms with Gasteiger partial charge in [0.25, 0.3) is 0 Å². The van der Waals surface area contributed by atoms with Gasteiger partial charge in [0, 0.05) is 0 Å². The number of carbonyl (C=O) groups excluding carboxylic acids is 2. The van der Waals surface area contributed by atoms with Crippen molar-refractivity contribution in [3.8, 4) is 0 Å². The predicted octanol–water partition coefficient (Wildman–Crippen LogP) is 0.934. The first-order chi connectivity index (χ1) is 7.95. The molecule has 1 amide bonds. The first-order valence-corrected chi connectivity index (χ1v) is 6.07. The summed E-state index contributed by atoms with van der Waals surface area (Å²) < 4.78 is 4.54. The van der Waals surface area contributed by atoms with Gasteiger partial charge >= 0.3 is 6.09 Å². The SMILES string of the molecule is COC(=O)N[C@H](C(=O)C1C[C@H](C)CN1)C(C)C. The summed E-state index contributed by atoms with van der Waals surface area (Å²) in [5.41, 5.74) is 0. The van der Waals surface area contributed by atoms with E-state index >= 15 is 0 Å². The molecular formula is C12H22N2O3. The number of methoxy groups -OCH3 is 1. The van der Waals surface area contributed by atoms with Crippen LogP contribution in [0.15, 0.2) is 0 Å². The molecular weight excluding hydrogens is 220 g/mol. The summed E-state index contributed by atoms with van der Waals surface area (Å²) in [4.78, 5) is 23.5. The standard InChI is InChI=1S/C12H22N2O3/c1-7(2)10(14-12(16)17-4)11(15)9-5-8(3)6-13-9/h7-10,13H,5-6H2,1-4H3,(H,14,16)/t8-,9?,10-/m0/s1. The summed E-state index contributed by atoms with van der Waals surface area (Å²) in [6.45, 7) is 6.80. The molecule has 98 valence electrons. The molecule has 0 aromatic heterocycles. The number of hydrogen-bond acceptors (Lipinski definition) is 4. The molecule has 1 aliphatic heterocycles. The van der Waals surface area contributed by atoms with Crippen LogP contribution in [0.1, 0.15) is 27.2 Å². The third-order valence-corrected chi connectivity index (χ3v) is 3.13. The van der Waals surface area contributed by atoms with E-state index in [1.54, 1.807) is 0 Å². The van der Waals surface area contributed by atoms with Crippen LogP contribution in [0, 0.1) is 11.8 Å². The molecule has 1 rings (SSSR count). The van der Waals surface area contributed by atoms with Crippen LogP contribution in [0.25, 0.3) is 0 Å². The van der Waals surface area contributed by atoms with Gasteiger partial charge in [0.1, 0.15) is 0 Å². The van der Waals surface area contributed by atoms with Gasteiger partial charge < -0.3 is 15.4 Å². The average Bonchev–Trinajstić information content (AvgIpc) is 2.71. The maximum absolute atomic E-state index is 12.3. The molecule has 5 heteroatoms. The molecule has 0 aromatic rings. The van der Waals surface area contributed by atoms with Gasteiger partial charge in [0.2, 0.25) is 0 Å². The molecule has 3 atom stereocenters. The summed E-state index contributed by atoms with van der Waals surface area (Å²) in [6, 6.07) is -0.625. The van der Waals surface area contributed by atoms with Crippen molar-refractivity contribution in [3.05, 3.63) is 0 Å². The van der Waals surface area contributed by atoms with Gasteiger partial charge in [-0.15, -0.1) is 0 Å². The highest BCUT2D eigenvalue weighted by Crippen LogP contribution is 2.17. The van der Waals surface area contributed by atoms with Gasteiger partial charge in [-0.1, -0.05) is 20.8 Å². The number of Topliss-reactive ketones (excluding diaryl/α,β-unsaturated/α-hetero) is 1. The van der Waals surface area contributed by atoms with Crippen LogP contribution in [0.2, 0.25) is 0 Å². The Balaban J connectivity index is 2.63. The number of nitrogens with one attached hydrogen (secondary N) is 2. The minimum absolute atomic E-state index is 0.0507. The topological polar surface area (TPSA) is 67.4 Å². The van der Waals surface area contributed by atoms with E-state index in [-0.39, 0.29) is 17.7 Å². The average molecular weight is 242 g/mol. The molecule has 17 heavy (non-hydrogen) atoms. The summed E-state index contributed by atoms with van der Waals surface area (Å²) in [7, 11) is 1.30. The monoisotopic (exact) mass is 242 g/mol. The number of amides is 1. The van der Waals surface area contributed by atoms with Crippen LogP contribution in [0.5, 0.6) is 0 Å². The highest BCUT2D eigenvalue weighted by atomic mass is 16.5. The molecule has 2 N–H and O–H groups in total. The molecule has 1 aliphatic rings. The molecule has 0 bridgehead atoms. The van der Waals surface area contributed by atoms with E-state index in [0.29, 0.717) is 5.92 Å². The zero-order chi connectivity index (χ0) is 13.0. The van der Waals surface area contributed by atoms with Gasteiger partial charge in [-0.2, -0.15) is 0 Å². The van der Waals surface area contributed by atoms with E-state index < -0.39 is 12.1 Å². The Bertz CT molecular complexity index is 291. The summed E-state index contributed by atoms with van der Waals surface area (Å²) in [6.07, 6.45) is 0.286. The lowest BCUT2D eigenvalue weighted by Gasteiger charge is -2.23. The molecule has 1 heterocycles. The number of ketones is 1. The lowest BCUT2D eigenvalue weighted by atomic mass is 9.93. The largest absolute Gasteiger partial charge is 0.453 e. The second kappa shape index (κ2) is 6.00. The zero-order valence-corrected chi connectivity index (χ0v) is 10.9. The summed E-state index contributed by atoms with van der Waals surface area (Å²) in [5.74, 6) is 0.615. The molecule has 0 saturated carbocycles. The van der Waals surface area contributed by atoms with Gasteiger partial charge in [-0.3, -0.25) is 4.79 Å². The molecule has 0 radical (unpaired) electrons. The van der Waals surface area contributed by atoms with Crippen LogP contribution in [0.3, 0.4) is 0 Å². The number of ether oxygens (including phenoxy) is 1. The normalized spacial score (nSPS) is 25.7.